The van der Waals surface area contributed by atoms with Crippen LogP contribution in [-0.2, 0) is 14.3 Å². The minimum absolute atomic E-state index is 0.106. The predicted octanol–water partition coefficient (Wildman–Crippen LogP) is 3.30. The molecule has 112 valence electrons. The third-order valence-corrected chi connectivity index (χ3v) is 2.61. The molecular weight excluding hydrogens is 268 g/mol. The average molecular weight is 288 g/mol. The maximum atomic E-state index is 12.2. The largest absolute Gasteiger partial charge is 0.494 e. The summed E-state index contributed by atoms with van der Waals surface area (Å²) in [6.45, 7) is 5.91. The Hall–Kier alpha value is -2.36. The molecule has 1 aromatic carbocycles. The van der Waals surface area contributed by atoms with E-state index >= 15 is 0 Å². The van der Waals surface area contributed by atoms with Crippen LogP contribution in [0.3, 0.4) is 0 Å². The van der Waals surface area contributed by atoms with E-state index in [0.717, 1.165) is 0 Å². The molecule has 0 aliphatic carbocycles. The molecule has 0 aliphatic heterocycles. The molecule has 0 spiro atoms. The number of ketones is 1. The molecule has 1 rings (SSSR count). The van der Waals surface area contributed by atoms with Crippen molar-refractivity contribution in [2.24, 2.45) is 0 Å². The molecule has 4 nitrogen and oxygen atoms in total. The van der Waals surface area contributed by atoms with Crippen LogP contribution in [0.2, 0.25) is 0 Å². The lowest BCUT2D eigenvalue weighted by molar-refractivity contribution is -0.137. The number of hydrogen-bond acceptors (Lipinski definition) is 4. The van der Waals surface area contributed by atoms with Crippen molar-refractivity contribution >= 4 is 11.8 Å². The van der Waals surface area contributed by atoms with Crippen LogP contribution < -0.4 is 0 Å². The van der Waals surface area contributed by atoms with Crippen molar-refractivity contribution in [1.82, 2.24) is 0 Å². The third-order valence-electron chi connectivity index (χ3n) is 2.61. The highest BCUT2D eigenvalue weighted by Crippen LogP contribution is 2.11. The monoisotopic (exact) mass is 288 g/mol. The Balaban J connectivity index is 2.94. The average Bonchev–Trinajstić information content (AvgIpc) is 2.47. The van der Waals surface area contributed by atoms with Crippen molar-refractivity contribution in [3.8, 4) is 0 Å². The molecule has 0 atom stereocenters. The minimum atomic E-state index is -0.489. The molecule has 4 heteroatoms. The molecule has 0 amide bonds. The first-order valence-electron chi connectivity index (χ1n) is 6.87. The zero-order valence-electron chi connectivity index (χ0n) is 12.6. The Morgan fingerprint density at radius 2 is 1.62 bits per heavy atom. The molecule has 0 heterocycles. The molecule has 0 N–H and O–H groups in total. The molecule has 1 aromatic rings. The summed E-state index contributed by atoms with van der Waals surface area (Å²) in [4.78, 5) is 23.7. The van der Waals surface area contributed by atoms with Crippen molar-refractivity contribution in [2.45, 2.75) is 20.8 Å². The number of allylic oxidation sites excluding steroid dienone is 2. The van der Waals surface area contributed by atoms with Gasteiger partial charge in [-0.3, -0.25) is 4.79 Å². The second-order valence-corrected chi connectivity index (χ2v) is 4.25. The van der Waals surface area contributed by atoms with E-state index in [2.05, 4.69) is 0 Å². The van der Waals surface area contributed by atoms with Crippen molar-refractivity contribution < 1.29 is 19.1 Å². The van der Waals surface area contributed by atoms with Gasteiger partial charge in [-0.05, 0) is 26.8 Å². The summed E-state index contributed by atoms with van der Waals surface area (Å²) < 4.78 is 10.2. The van der Waals surface area contributed by atoms with E-state index < -0.39 is 5.97 Å². The highest BCUT2D eigenvalue weighted by molar-refractivity contribution is 6.08. The van der Waals surface area contributed by atoms with E-state index in [1.165, 1.54) is 6.08 Å². The summed E-state index contributed by atoms with van der Waals surface area (Å²) in [7, 11) is 0. The molecule has 0 saturated carbocycles. The van der Waals surface area contributed by atoms with Gasteiger partial charge in [0.2, 0.25) is 0 Å². The normalized spacial score (nSPS) is 12.0. The summed E-state index contributed by atoms with van der Waals surface area (Å²) in [6, 6.07) is 8.95. The first-order chi connectivity index (χ1) is 10.1. The first kappa shape index (κ1) is 16.7. The highest BCUT2D eigenvalue weighted by Gasteiger charge is 2.09. The van der Waals surface area contributed by atoms with Gasteiger partial charge in [0.25, 0.3) is 0 Å². The van der Waals surface area contributed by atoms with E-state index in [1.54, 1.807) is 51.1 Å². The van der Waals surface area contributed by atoms with Gasteiger partial charge < -0.3 is 9.47 Å². The van der Waals surface area contributed by atoms with Crippen LogP contribution in [0.4, 0.5) is 0 Å². The number of carbonyl (C=O) groups excluding carboxylic acids is 2. The molecule has 0 bridgehead atoms. The molecule has 0 saturated heterocycles. The van der Waals surface area contributed by atoms with Crippen molar-refractivity contribution in [3.05, 3.63) is 59.4 Å². The Labute approximate surface area is 125 Å². The maximum Gasteiger partial charge on any atom is 0.334 e. The molecule has 0 unspecified atom stereocenters. The fraction of sp³-hybridized carbons (Fsp3) is 0.294. The smallest absolute Gasteiger partial charge is 0.334 e. The molecule has 0 radical (unpaired) electrons. The van der Waals surface area contributed by atoms with Gasteiger partial charge in [0.15, 0.2) is 5.78 Å². The number of ether oxygens (including phenoxy) is 2. The van der Waals surface area contributed by atoms with Crippen LogP contribution in [0, 0.1) is 0 Å². The lowest BCUT2D eigenvalue weighted by Crippen LogP contribution is -2.04. The van der Waals surface area contributed by atoms with Gasteiger partial charge in [-0.25, -0.2) is 4.79 Å². The Kier molecular flexibility index (Phi) is 6.95. The number of Topliss-reactive ketones (excluding diaryl/α,β-unsaturated/α-hetero) is 1. The Bertz CT molecular complexity index is 541. The van der Waals surface area contributed by atoms with E-state index in [-0.39, 0.29) is 5.78 Å². The molecule has 0 fully saturated rings. The number of rotatable bonds is 7. The maximum absolute atomic E-state index is 12.2. The fourth-order valence-electron chi connectivity index (χ4n) is 1.69. The van der Waals surface area contributed by atoms with E-state index in [1.807, 2.05) is 6.07 Å². The van der Waals surface area contributed by atoms with Crippen LogP contribution in [-0.4, -0.2) is 25.0 Å². The number of hydrogen-bond donors (Lipinski definition) is 0. The standard InChI is InChI=1S/C17H20O4/c1-4-20-15(12-16(18)21-5-2)11-13(3)17(19)14-9-7-6-8-10-14/h6-12H,4-5H2,1-3H3/b13-11-,15-12+. The van der Waals surface area contributed by atoms with Crippen molar-refractivity contribution in [3.63, 3.8) is 0 Å². The highest BCUT2D eigenvalue weighted by atomic mass is 16.5. The quantitative estimate of drug-likeness (QED) is 0.254. The second kappa shape index (κ2) is 8.74. The number of benzene rings is 1. The second-order valence-electron chi connectivity index (χ2n) is 4.25. The van der Waals surface area contributed by atoms with Gasteiger partial charge in [0, 0.05) is 11.1 Å². The van der Waals surface area contributed by atoms with Crippen molar-refractivity contribution in [1.29, 1.82) is 0 Å². The summed E-state index contributed by atoms with van der Waals surface area (Å²) in [6.07, 6.45) is 2.80. The van der Waals surface area contributed by atoms with Crippen LogP contribution in [0.5, 0.6) is 0 Å². The van der Waals surface area contributed by atoms with E-state index in [4.69, 9.17) is 9.47 Å². The van der Waals surface area contributed by atoms with E-state index in [0.29, 0.717) is 30.1 Å². The van der Waals surface area contributed by atoms with Crippen LogP contribution in [0.1, 0.15) is 31.1 Å². The van der Waals surface area contributed by atoms with Gasteiger partial charge in [-0.2, -0.15) is 0 Å². The number of esters is 1. The minimum Gasteiger partial charge on any atom is -0.494 e. The summed E-state index contributed by atoms with van der Waals surface area (Å²) in [5, 5.41) is 0. The zero-order chi connectivity index (χ0) is 15.7. The lowest BCUT2D eigenvalue weighted by Gasteiger charge is -2.06. The molecule has 0 aliphatic rings. The van der Waals surface area contributed by atoms with Crippen LogP contribution in [0.25, 0.3) is 0 Å². The Morgan fingerprint density at radius 3 is 2.19 bits per heavy atom. The molecule has 21 heavy (non-hydrogen) atoms. The van der Waals surface area contributed by atoms with Gasteiger partial charge in [-0.15, -0.1) is 0 Å². The first-order valence-corrected chi connectivity index (χ1v) is 6.87. The fourth-order valence-corrected chi connectivity index (χ4v) is 1.69. The topological polar surface area (TPSA) is 52.6 Å². The Morgan fingerprint density at radius 1 is 1.00 bits per heavy atom. The zero-order valence-corrected chi connectivity index (χ0v) is 12.6. The van der Waals surface area contributed by atoms with Gasteiger partial charge in [0.1, 0.15) is 5.76 Å². The molecule has 0 aromatic heterocycles. The third kappa shape index (κ3) is 5.65. The lowest BCUT2D eigenvalue weighted by atomic mass is 10.0. The number of carbonyl (C=O) groups is 2. The van der Waals surface area contributed by atoms with Gasteiger partial charge >= 0.3 is 5.97 Å². The predicted molar refractivity (Wildman–Crippen MR) is 80.9 cm³/mol. The van der Waals surface area contributed by atoms with Gasteiger partial charge in [0.05, 0.1) is 19.3 Å². The van der Waals surface area contributed by atoms with Crippen molar-refractivity contribution in [2.75, 3.05) is 13.2 Å². The molecular formula is C17H20O4. The SMILES string of the molecule is CCOC(=O)/C=C(\C=C(\C)C(=O)c1ccccc1)OCC. The summed E-state index contributed by atoms with van der Waals surface area (Å²) in [5.41, 5.74) is 1.09. The van der Waals surface area contributed by atoms with Gasteiger partial charge in [-0.1, -0.05) is 30.3 Å². The van der Waals surface area contributed by atoms with Crippen LogP contribution >= 0.6 is 0 Å². The van der Waals surface area contributed by atoms with E-state index in [9.17, 15) is 9.59 Å². The van der Waals surface area contributed by atoms with Crippen LogP contribution in [0.15, 0.2) is 53.8 Å². The summed E-state index contributed by atoms with van der Waals surface area (Å²) in [5.74, 6) is -0.278. The summed E-state index contributed by atoms with van der Waals surface area (Å²) >= 11 is 0.